The molecule has 0 radical (unpaired) electrons. The molecule has 1 saturated heterocycles. The third-order valence-corrected chi connectivity index (χ3v) is 5.96. The first-order chi connectivity index (χ1) is 16.9. The Bertz CT molecular complexity index is 1310. The van der Waals surface area contributed by atoms with Gasteiger partial charge in [0.2, 0.25) is 0 Å². The lowest BCUT2D eigenvalue weighted by atomic mass is 9.94. The number of para-hydroxylation sites is 1. The summed E-state index contributed by atoms with van der Waals surface area (Å²) in [6.07, 6.45) is 0. The molecule has 0 spiro atoms. The predicted molar refractivity (Wildman–Crippen MR) is 133 cm³/mol. The molecule has 0 bridgehead atoms. The molecule has 1 amide bonds. The Morgan fingerprint density at radius 2 is 1.69 bits per heavy atom. The van der Waals surface area contributed by atoms with Crippen LogP contribution in [0.3, 0.4) is 0 Å². The van der Waals surface area contributed by atoms with Crippen molar-refractivity contribution in [3.63, 3.8) is 0 Å². The lowest BCUT2D eigenvalue weighted by molar-refractivity contribution is -0.132. The molecule has 1 aliphatic rings. The first kappa shape index (κ1) is 23.9. The van der Waals surface area contributed by atoms with E-state index in [1.165, 1.54) is 19.1 Å². The van der Waals surface area contributed by atoms with Gasteiger partial charge in [0, 0.05) is 11.3 Å². The Balaban J connectivity index is 1.96. The van der Waals surface area contributed by atoms with Gasteiger partial charge < -0.3 is 19.3 Å². The number of carbonyl (C=O) groups excluding carboxylic acids is 2. The maximum Gasteiger partial charge on any atom is 0.300 e. The summed E-state index contributed by atoms with van der Waals surface area (Å²) in [7, 11) is 2.99. The number of methoxy groups -OCH3 is 2. The molecule has 3 aromatic carbocycles. The lowest BCUT2D eigenvalue weighted by Gasteiger charge is -2.27. The maximum absolute atomic E-state index is 13.4. The number of aliphatic hydroxyl groups is 1. The molecule has 7 heteroatoms. The molecule has 7 nitrogen and oxygen atoms in total. The highest BCUT2D eigenvalue weighted by Gasteiger charge is 2.47. The molecule has 0 aromatic heterocycles. The van der Waals surface area contributed by atoms with Gasteiger partial charge in [-0.05, 0) is 61.4 Å². The monoisotopic (exact) mass is 473 g/mol. The van der Waals surface area contributed by atoms with Crippen molar-refractivity contribution in [1.82, 2.24) is 0 Å². The maximum atomic E-state index is 13.4. The molecule has 0 aliphatic carbocycles. The van der Waals surface area contributed by atoms with Gasteiger partial charge in [-0.15, -0.1) is 0 Å². The van der Waals surface area contributed by atoms with Gasteiger partial charge in [0.05, 0.1) is 32.4 Å². The van der Waals surface area contributed by atoms with Gasteiger partial charge in [-0.2, -0.15) is 0 Å². The number of hydrogen-bond donors (Lipinski definition) is 1. The zero-order chi connectivity index (χ0) is 25.1. The molecule has 35 heavy (non-hydrogen) atoms. The number of ketones is 1. The summed E-state index contributed by atoms with van der Waals surface area (Å²) < 4.78 is 16.3. The van der Waals surface area contributed by atoms with Gasteiger partial charge >= 0.3 is 0 Å². The Morgan fingerprint density at radius 1 is 0.943 bits per heavy atom. The van der Waals surface area contributed by atoms with Crippen LogP contribution in [0, 0.1) is 6.92 Å². The van der Waals surface area contributed by atoms with Crippen LogP contribution in [-0.2, 0) is 9.59 Å². The van der Waals surface area contributed by atoms with Gasteiger partial charge in [-0.1, -0.05) is 30.3 Å². The van der Waals surface area contributed by atoms with Crippen molar-refractivity contribution in [2.75, 3.05) is 25.7 Å². The summed E-state index contributed by atoms with van der Waals surface area (Å²) in [5, 5.41) is 11.4. The number of rotatable bonds is 7. The van der Waals surface area contributed by atoms with E-state index in [0.29, 0.717) is 40.7 Å². The van der Waals surface area contributed by atoms with E-state index in [2.05, 4.69) is 0 Å². The summed E-state index contributed by atoms with van der Waals surface area (Å²) in [5.74, 6) is -0.316. The van der Waals surface area contributed by atoms with Crippen LogP contribution in [0.2, 0.25) is 0 Å². The average molecular weight is 474 g/mol. The Morgan fingerprint density at radius 3 is 2.37 bits per heavy atom. The number of amides is 1. The zero-order valence-corrected chi connectivity index (χ0v) is 20.1. The first-order valence-corrected chi connectivity index (χ1v) is 11.2. The largest absolute Gasteiger partial charge is 0.507 e. The second-order valence-corrected chi connectivity index (χ2v) is 8.03. The van der Waals surface area contributed by atoms with Crippen LogP contribution in [0.1, 0.15) is 29.7 Å². The van der Waals surface area contributed by atoms with Crippen molar-refractivity contribution in [1.29, 1.82) is 0 Å². The number of hydrogen-bond acceptors (Lipinski definition) is 6. The summed E-state index contributed by atoms with van der Waals surface area (Å²) >= 11 is 0. The van der Waals surface area contributed by atoms with Crippen molar-refractivity contribution in [2.24, 2.45) is 0 Å². The topological polar surface area (TPSA) is 85.3 Å². The number of ether oxygens (including phenoxy) is 3. The molecule has 1 atom stereocenters. The van der Waals surface area contributed by atoms with E-state index in [1.807, 2.05) is 38.1 Å². The van der Waals surface area contributed by atoms with Gasteiger partial charge in [-0.25, -0.2) is 0 Å². The molecular formula is C28H27NO6. The van der Waals surface area contributed by atoms with Gasteiger partial charge in [0.25, 0.3) is 11.7 Å². The molecule has 3 aromatic rings. The Kier molecular flexibility index (Phi) is 6.78. The summed E-state index contributed by atoms with van der Waals surface area (Å²) in [4.78, 5) is 28.2. The fraction of sp³-hybridized carbons (Fsp3) is 0.214. The SMILES string of the molecule is CCOc1cccc(C2/C(=C(\O)c3ccc(OC)c(OC)c3)C(=O)C(=O)N2c2ccccc2C)c1. The summed E-state index contributed by atoms with van der Waals surface area (Å²) in [6, 6.07) is 18.5. The molecular weight excluding hydrogens is 446 g/mol. The highest BCUT2D eigenvalue weighted by molar-refractivity contribution is 6.51. The third-order valence-electron chi connectivity index (χ3n) is 5.96. The van der Waals surface area contributed by atoms with Gasteiger partial charge in [0.1, 0.15) is 11.5 Å². The van der Waals surface area contributed by atoms with Crippen LogP contribution in [0.4, 0.5) is 5.69 Å². The molecule has 4 rings (SSSR count). The minimum atomic E-state index is -0.857. The van der Waals surface area contributed by atoms with E-state index in [9.17, 15) is 14.7 Å². The number of nitrogens with zero attached hydrogens (tertiary/aromatic N) is 1. The van der Waals surface area contributed by atoms with Crippen LogP contribution in [0.25, 0.3) is 5.76 Å². The van der Waals surface area contributed by atoms with E-state index in [0.717, 1.165) is 5.56 Å². The van der Waals surface area contributed by atoms with Crippen molar-refractivity contribution in [3.8, 4) is 17.2 Å². The smallest absolute Gasteiger partial charge is 0.300 e. The zero-order valence-electron chi connectivity index (χ0n) is 20.1. The number of aryl methyl sites for hydroxylation is 1. The summed E-state index contributed by atoms with van der Waals surface area (Å²) in [6.45, 7) is 4.22. The molecule has 1 aliphatic heterocycles. The van der Waals surface area contributed by atoms with E-state index in [1.54, 1.807) is 42.5 Å². The fourth-order valence-corrected chi connectivity index (χ4v) is 4.31. The van der Waals surface area contributed by atoms with Gasteiger partial charge in [0.15, 0.2) is 11.5 Å². The number of anilines is 1. The standard InChI is InChI=1S/C28H27NO6/c1-5-35-20-11-8-10-18(15-20)25-24(26(30)19-13-14-22(33-3)23(16-19)34-4)27(31)28(32)29(25)21-12-7-6-9-17(21)2/h6-16,25,30H,5H2,1-4H3/b26-24+. The normalized spacial score (nSPS) is 16.9. The van der Waals surface area contributed by atoms with Crippen LogP contribution in [-0.4, -0.2) is 37.6 Å². The predicted octanol–water partition coefficient (Wildman–Crippen LogP) is 5.04. The van der Waals surface area contributed by atoms with E-state index in [-0.39, 0.29) is 11.3 Å². The van der Waals surface area contributed by atoms with Crippen molar-refractivity contribution in [3.05, 3.63) is 89.0 Å². The van der Waals surface area contributed by atoms with Crippen molar-refractivity contribution in [2.45, 2.75) is 19.9 Å². The lowest BCUT2D eigenvalue weighted by Crippen LogP contribution is -2.30. The average Bonchev–Trinajstić information content (AvgIpc) is 3.14. The minimum Gasteiger partial charge on any atom is -0.507 e. The van der Waals surface area contributed by atoms with Crippen molar-refractivity contribution < 1.29 is 28.9 Å². The molecule has 1 N–H and O–H groups in total. The van der Waals surface area contributed by atoms with Crippen LogP contribution < -0.4 is 19.1 Å². The second kappa shape index (κ2) is 9.93. The number of carbonyl (C=O) groups is 2. The quantitative estimate of drug-likeness (QED) is 0.294. The van der Waals surface area contributed by atoms with Gasteiger partial charge in [-0.3, -0.25) is 14.5 Å². The fourth-order valence-electron chi connectivity index (χ4n) is 4.31. The second-order valence-electron chi connectivity index (χ2n) is 8.03. The van der Waals surface area contributed by atoms with E-state index < -0.39 is 17.7 Å². The van der Waals surface area contributed by atoms with Crippen molar-refractivity contribution >= 4 is 23.1 Å². The Labute approximate surface area is 204 Å². The molecule has 1 fully saturated rings. The van der Waals surface area contributed by atoms with E-state index >= 15 is 0 Å². The highest BCUT2D eigenvalue weighted by Crippen LogP contribution is 2.44. The number of benzene rings is 3. The number of Topliss-reactive ketones (excluding diaryl/α,β-unsaturated/α-hetero) is 1. The summed E-state index contributed by atoms with van der Waals surface area (Å²) in [5.41, 5.74) is 2.37. The van der Waals surface area contributed by atoms with Crippen LogP contribution >= 0.6 is 0 Å². The highest BCUT2D eigenvalue weighted by atomic mass is 16.5. The van der Waals surface area contributed by atoms with Crippen LogP contribution in [0.15, 0.2) is 72.3 Å². The Hall–Kier alpha value is -4.26. The molecule has 180 valence electrons. The molecule has 1 unspecified atom stereocenters. The third kappa shape index (κ3) is 4.33. The van der Waals surface area contributed by atoms with E-state index in [4.69, 9.17) is 14.2 Å². The molecule has 0 saturated carbocycles. The molecule has 1 heterocycles. The first-order valence-electron chi connectivity index (χ1n) is 11.2. The number of aliphatic hydroxyl groups excluding tert-OH is 1. The van der Waals surface area contributed by atoms with Crippen LogP contribution in [0.5, 0.6) is 17.2 Å². The minimum absolute atomic E-state index is 0.0147.